The summed E-state index contributed by atoms with van der Waals surface area (Å²) in [5.41, 5.74) is 0. The molecule has 176 valence electrons. The Labute approximate surface area is 188 Å². The Morgan fingerprint density at radius 3 is 1.84 bits per heavy atom. The highest BCUT2D eigenvalue weighted by Crippen LogP contribution is 2.19. The van der Waals surface area contributed by atoms with Gasteiger partial charge in [-0.3, -0.25) is 9.59 Å². The average Bonchev–Trinajstić information content (AvgIpc) is 2.73. The Balaban J connectivity index is 1.95. The third-order valence-corrected chi connectivity index (χ3v) is 4.95. The van der Waals surface area contributed by atoms with E-state index in [9.17, 15) is 9.59 Å². The van der Waals surface area contributed by atoms with Gasteiger partial charge in [-0.15, -0.1) is 0 Å². The van der Waals surface area contributed by atoms with Crippen molar-refractivity contribution in [3.05, 3.63) is 24.3 Å². The first-order chi connectivity index (χ1) is 15.0. The molecule has 1 aromatic rings. The highest BCUT2D eigenvalue weighted by Gasteiger charge is 2.06. The summed E-state index contributed by atoms with van der Waals surface area (Å²) in [6.07, 6.45) is 12.8. The fourth-order valence-electron chi connectivity index (χ4n) is 3.25. The lowest BCUT2D eigenvalue weighted by Crippen LogP contribution is -2.08. The van der Waals surface area contributed by atoms with Crippen LogP contribution in [0.25, 0.3) is 0 Å². The molecule has 0 aliphatic rings. The first kappa shape index (κ1) is 27.0. The van der Waals surface area contributed by atoms with Gasteiger partial charge >= 0.3 is 11.9 Å². The van der Waals surface area contributed by atoms with Crippen LogP contribution in [0.3, 0.4) is 0 Å². The molecule has 5 nitrogen and oxygen atoms in total. The van der Waals surface area contributed by atoms with Crippen LogP contribution in [0.15, 0.2) is 24.3 Å². The van der Waals surface area contributed by atoms with Crippen molar-refractivity contribution in [1.29, 1.82) is 0 Å². The molecule has 0 aromatic heterocycles. The Bertz CT molecular complexity index is 594. The van der Waals surface area contributed by atoms with E-state index in [2.05, 4.69) is 6.92 Å². The van der Waals surface area contributed by atoms with Gasteiger partial charge in [0.1, 0.15) is 11.5 Å². The minimum absolute atomic E-state index is 0.0676. The van der Waals surface area contributed by atoms with Crippen molar-refractivity contribution in [3.8, 4) is 11.5 Å². The summed E-state index contributed by atoms with van der Waals surface area (Å²) in [4.78, 5) is 23.6. The predicted octanol–water partition coefficient (Wildman–Crippen LogP) is 7.01. The van der Waals surface area contributed by atoms with E-state index < -0.39 is 0 Å². The smallest absolute Gasteiger partial charge is 0.311 e. The number of rotatable bonds is 18. The maximum Gasteiger partial charge on any atom is 0.311 e. The van der Waals surface area contributed by atoms with E-state index in [1.165, 1.54) is 19.3 Å². The zero-order valence-electron chi connectivity index (χ0n) is 19.8. The van der Waals surface area contributed by atoms with E-state index in [1.54, 1.807) is 12.1 Å². The van der Waals surface area contributed by atoms with Gasteiger partial charge in [-0.2, -0.15) is 0 Å². The summed E-state index contributed by atoms with van der Waals surface area (Å²) in [6, 6.07) is 7.14. The summed E-state index contributed by atoms with van der Waals surface area (Å²) in [7, 11) is 0. The number of benzene rings is 1. The third-order valence-electron chi connectivity index (χ3n) is 4.95. The summed E-state index contributed by atoms with van der Waals surface area (Å²) >= 11 is 0. The highest BCUT2D eigenvalue weighted by atomic mass is 16.5. The SMILES string of the molecule is CCCCCCCOC(=O)CCCCCCCCC(=O)Oc1ccc(OC(C)C)cc1. The molecule has 0 heterocycles. The van der Waals surface area contributed by atoms with Crippen molar-refractivity contribution in [3.63, 3.8) is 0 Å². The lowest BCUT2D eigenvalue weighted by molar-refractivity contribution is -0.144. The van der Waals surface area contributed by atoms with Crippen LogP contribution in [0.4, 0.5) is 0 Å². The zero-order valence-corrected chi connectivity index (χ0v) is 19.8. The number of carbonyl (C=O) groups is 2. The van der Waals surface area contributed by atoms with Gasteiger partial charge in [0.2, 0.25) is 0 Å². The molecule has 0 unspecified atom stereocenters. The maximum absolute atomic E-state index is 11.9. The molecule has 0 N–H and O–H groups in total. The van der Waals surface area contributed by atoms with Crippen molar-refractivity contribution in [2.24, 2.45) is 0 Å². The Morgan fingerprint density at radius 2 is 1.23 bits per heavy atom. The molecular weight excluding hydrogens is 392 g/mol. The van der Waals surface area contributed by atoms with E-state index in [0.717, 1.165) is 57.1 Å². The molecule has 1 aromatic carbocycles. The summed E-state index contributed by atoms with van der Waals surface area (Å²) < 4.78 is 16.2. The number of ether oxygens (including phenoxy) is 3. The molecule has 0 amide bonds. The number of hydrogen-bond acceptors (Lipinski definition) is 5. The summed E-state index contributed by atoms with van der Waals surface area (Å²) in [5, 5.41) is 0. The van der Waals surface area contributed by atoms with Gasteiger partial charge in [0, 0.05) is 12.8 Å². The molecule has 31 heavy (non-hydrogen) atoms. The minimum atomic E-state index is -0.199. The van der Waals surface area contributed by atoms with E-state index in [0.29, 0.717) is 25.2 Å². The molecule has 0 aliphatic heterocycles. The van der Waals surface area contributed by atoms with Crippen LogP contribution in [0, 0.1) is 0 Å². The Hall–Kier alpha value is -2.04. The average molecular weight is 435 g/mol. The summed E-state index contributed by atoms with van der Waals surface area (Å²) in [6.45, 7) is 6.70. The van der Waals surface area contributed by atoms with E-state index in [4.69, 9.17) is 14.2 Å². The molecule has 0 saturated heterocycles. The van der Waals surface area contributed by atoms with E-state index in [1.807, 2.05) is 26.0 Å². The first-order valence-corrected chi connectivity index (χ1v) is 12.1. The Kier molecular flexibility index (Phi) is 15.3. The van der Waals surface area contributed by atoms with Gasteiger partial charge in [0.05, 0.1) is 12.7 Å². The van der Waals surface area contributed by atoms with Crippen LogP contribution in [-0.4, -0.2) is 24.6 Å². The number of esters is 2. The fraction of sp³-hybridized carbons (Fsp3) is 0.692. The maximum atomic E-state index is 11.9. The zero-order chi connectivity index (χ0) is 22.7. The lowest BCUT2D eigenvalue weighted by Gasteiger charge is -2.10. The highest BCUT2D eigenvalue weighted by molar-refractivity contribution is 5.72. The molecular formula is C26H42O5. The van der Waals surface area contributed by atoms with Crippen molar-refractivity contribution in [2.75, 3.05) is 6.61 Å². The lowest BCUT2D eigenvalue weighted by atomic mass is 10.1. The summed E-state index contributed by atoms with van der Waals surface area (Å²) in [5.74, 6) is 1.05. The van der Waals surface area contributed by atoms with Crippen LogP contribution in [0.2, 0.25) is 0 Å². The van der Waals surface area contributed by atoms with E-state index in [-0.39, 0.29) is 18.0 Å². The van der Waals surface area contributed by atoms with Gasteiger partial charge < -0.3 is 14.2 Å². The second-order valence-electron chi connectivity index (χ2n) is 8.37. The first-order valence-electron chi connectivity index (χ1n) is 12.1. The molecule has 0 spiro atoms. The van der Waals surface area contributed by atoms with Crippen LogP contribution in [0.1, 0.15) is 104 Å². The third kappa shape index (κ3) is 15.4. The monoisotopic (exact) mass is 434 g/mol. The minimum Gasteiger partial charge on any atom is -0.491 e. The van der Waals surface area contributed by atoms with Crippen molar-refractivity contribution < 1.29 is 23.8 Å². The molecule has 1 rings (SSSR count). The van der Waals surface area contributed by atoms with Crippen LogP contribution < -0.4 is 9.47 Å². The predicted molar refractivity (Wildman–Crippen MR) is 124 cm³/mol. The van der Waals surface area contributed by atoms with Gasteiger partial charge in [-0.05, 0) is 57.4 Å². The van der Waals surface area contributed by atoms with Crippen LogP contribution >= 0.6 is 0 Å². The van der Waals surface area contributed by atoms with Gasteiger partial charge in [0.25, 0.3) is 0 Å². The number of carbonyl (C=O) groups excluding carboxylic acids is 2. The topological polar surface area (TPSA) is 61.8 Å². The van der Waals surface area contributed by atoms with Gasteiger partial charge in [0.15, 0.2) is 0 Å². The molecule has 0 atom stereocenters. The fourth-order valence-corrected chi connectivity index (χ4v) is 3.25. The molecule has 0 fully saturated rings. The quantitative estimate of drug-likeness (QED) is 0.141. The molecule has 0 bridgehead atoms. The van der Waals surface area contributed by atoms with E-state index >= 15 is 0 Å². The standard InChI is InChI=1S/C26H42O5/c1-4-5-6-11-14-21-29-25(27)15-12-9-7-8-10-13-16-26(28)31-24-19-17-23(18-20-24)30-22(2)3/h17-20,22H,4-16,21H2,1-3H3. The molecule has 0 radical (unpaired) electrons. The van der Waals surface area contributed by atoms with Crippen molar-refractivity contribution in [2.45, 2.75) is 110 Å². The largest absolute Gasteiger partial charge is 0.491 e. The van der Waals surface area contributed by atoms with Crippen molar-refractivity contribution >= 4 is 11.9 Å². The van der Waals surface area contributed by atoms with Crippen molar-refractivity contribution in [1.82, 2.24) is 0 Å². The Morgan fingerprint density at radius 1 is 0.710 bits per heavy atom. The van der Waals surface area contributed by atoms with Crippen LogP contribution in [0.5, 0.6) is 11.5 Å². The van der Waals surface area contributed by atoms with Gasteiger partial charge in [-0.1, -0.05) is 58.3 Å². The molecule has 5 heteroatoms. The van der Waals surface area contributed by atoms with Crippen LogP contribution in [-0.2, 0) is 14.3 Å². The number of unbranched alkanes of at least 4 members (excludes halogenated alkanes) is 9. The molecule has 0 saturated carbocycles. The second kappa shape index (κ2) is 17.6. The van der Waals surface area contributed by atoms with Gasteiger partial charge in [-0.25, -0.2) is 0 Å². The molecule has 0 aliphatic carbocycles. The second-order valence-corrected chi connectivity index (χ2v) is 8.37. The number of hydrogen-bond donors (Lipinski definition) is 0. The normalized spacial score (nSPS) is 10.8.